The van der Waals surface area contributed by atoms with Gasteiger partial charge in [-0.25, -0.2) is 9.78 Å². The van der Waals surface area contributed by atoms with Gasteiger partial charge in [0.15, 0.2) is 11.5 Å². The van der Waals surface area contributed by atoms with Gasteiger partial charge in [0.2, 0.25) is 0 Å². The van der Waals surface area contributed by atoms with Gasteiger partial charge < -0.3 is 24.8 Å². The molecule has 2 fully saturated rings. The number of esters is 1. The zero-order valence-corrected chi connectivity index (χ0v) is 16.0. The number of carbonyl (C=O) groups is 1. The van der Waals surface area contributed by atoms with Crippen LogP contribution in [0.4, 0.5) is 24.7 Å². The predicted molar refractivity (Wildman–Crippen MR) is 93.8 cm³/mol. The van der Waals surface area contributed by atoms with Gasteiger partial charge >= 0.3 is 12.1 Å². The van der Waals surface area contributed by atoms with Crippen molar-refractivity contribution in [2.24, 2.45) is 0 Å². The molecule has 3 heterocycles. The quantitative estimate of drug-likeness (QED) is 0.507. The number of nitrogens with two attached hydrogens (primary N) is 1. The molecule has 1 aromatic heterocycles. The van der Waals surface area contributed by atoms with Crippen molar-refractivity contribution in [2.75, 3.05) is 44.0 Å². The first-order valence-corrected chi connectivity index (χ1v) is 8.94. The molecule has 2 N–H and O–H groups in total. The summed E-state index contributed by atoms with van der Waals surface area (Å²) in [6.45, 7) is 1.63. The summed E-state index contributed by atoms with van der Waals surface area (Å²) in [7, 11) is 1.15. The van der Waals surface area contributed by atoms with Crippen molar-refractivity contribution in [3.8, 4) is 0 Å². The lowest BCUT2D eigenvalue weighted by atomic mass is 10.0. The van der Waals surface area contributed by atoms with E-state index in [2.05, 4.69) is 4.98 Å². The molecule has 3 rings (SSSR count). The molecule has 144 valence electrons. The fourth-order valence-electron chi connectivity index (χ4n) is 3.13. The maximum absolute atomic E-state index is 13.3. The van der Waals surface area contributed by atoms with Crippen LogP contribution < -0.4 is 10.6 Å². The highest BCUT2D eigenvalue weighted by atomic mass is 127. The van der Waals surface area contributed by atoms with Crippen LogP contribution in [0.5, 0.6) is 0 Å². The van der Waals surface area contributed by atoms with E-state index in [9.17, 15) is 18.0 Å². The Morgan fingerprint density at radius 1 is 1.31 bits per heavy atom. The molecular formula is C15H17F3IN3O4. The summed E-state index contributed by atoms with van der Waals surface area (Å²) in [5.41, 5.74) is 3.74. The SMILES string of the molecule is COC(=O)c1c(N2CCC3(CC2)OCCO3)nc(C(F)(F)F)c(N)c1I. The van der Waals surface area contributed by atoms with E-state index >= 15 is 0 Å². The second kappa shape index (κ2) is 7.00. The Morgan fingerprint density at radius 3 is 2.38 bits per heavy atom. The predicted octanol–water partition coefficient (Wildman–Crippen LogP) is 2.42. The van der Waals surface area contributed by atoms with Gasteiger partial charge in [-0.2, -0.15) is 13.2 Å². The van der Waals surface area contributed by atoms with Crippen LogP contribution in [0.25, 0.3) is 0 Å². The summed E-state index contributed by atoms with van der Waals surface area (Å²) < 4.78 is 55.9. The van der Waals surface area contributed by atoms with Gasteiger partial charge in [-0.05, 0) is 22.6 Å². The van der Waals surface area contributed by atoms with E-state index in [0.717, 1.165) is 7.11 Å². The minimum atomic E-state index is -4.73. The molecule has 11 heteroatoms. The molecule has 0 aromatic carbocycles. The van der Waals surface area contributed by atoms with Crippen molar-refractivity contribution < 1.29 is 32.2 Å². The Labute approximate surface area is 161 Å². The summed E-state index contributed by atoms with van der Waals surface area (Å²) in [5.74, 6) is -1.57. The third-order valence-electron chi connectivity index (χ3n) is 4.45. The molecule has 0 unspecified atom stereocenters. The van der Waals surface area contributed by atoms with Gasteiger partial charge in [0.25, 0.3) is 0 Å². The number of nitrogen functional groups attached to an aromatic ring is 1. The fourth-order valence-corrected chi connectivity index (χ4v) is 3.85. The lowest BCUT2D eigenvalue weighted by Crippen LogP contribution is -2.46. The van der Waals surface area contributed by atoms with Crippen molar-refractivity contribution in [1.29, 1.82) is 0 Å². The lowest BCUT2D eigenvalue weighted by molar-refractivity contribution is -0.169. The van der Waals surface area contributed by atoms with Crippen LogP contribution in [0.3, 0.4) is 0 Å². The number of rotatable bonds is 2. The van der Waals surface area contributed by atoms with Crippen LogP contribution in [0, 0.1) is 3.57 Å². The molecule has 26 heavy (non-hydrogen) atoms. The summed E-state index contributed by atoms with van der Waals surface area (Å²) in [6.07, 6.45) is -3.82. The first-order chi connectivity index (χ1) is 12.2. The number of carbonyl (C=O) groups excluding carboxylic acids is 1. The number of ether oxygens (including phenoxy) is 3. The van der Waals surface area contributed by atoms with Crippen molar-refractivity contribution in [2.45, 2.75) is 24.8 Å². The highest BCUT2D eigenvalue weighted by molar-refractivity contribution is 14.1. The normalized spacial score (nSPS) is 19.8. The molecule has 0 aliphatic carbocycles. The second-order valence-electron chi connectivity index (χ2n) is 5.97. The lowest BCUT2D eigenvalue weighted by Gasteiger charge is -2.38. The molecule has 1 spiro atoms. The summed E-state index contributed by atoms with van der Waals surface area (Å²) in [5, 5.41) is 0. The Bertz CT molecular complexity index is 713. The summed E-state index contributed by atoms with van der Waals surface area (Å²) >= 11 is 1.62. The van der Waals surface area contributed by atoms with Gasteiger partial charge in [-0.3, -0.25) is 0 Å². The van der Waals surface area contributed by atoms with Gasteiger partial charge in [0.05, 0.1) is 29.6 Å². The van der Waals surface area contributed by atoms with E-state index in [1.165, 1.54) is 0 Å². The minimum absolute atomic E-state index is 0.0274. The molecule has 2 aliphatic rings. The Hall–Kier alpha value is -1.34. The standard InChI is InChI=1S/C15H17F3IN3O4/c1-24-13(23)8-9(19)10(20)11(15(16,17)18)21-12(8)22-4-2-14(3-5-22)25-6-7-26-14/h2-7,20H2,1H3. The molecule has 0 saturated carbocycles. The van der Waals surface area contributed by atoms with Crippen molar-refractivity contribution in [1.82, 2.24) is 4.98 Å². The average Bonchev–Trinajstić information content (AvgIpc) is 3.04. The van der Waals surface area contributed by atoms with E-state index in [1.54, 1.807) is 27.5 Å². The van der Waals surface area contributed by atoms with Crippen molar-refractivity contribution in [3.05, 3.63) is 14.8 Å². The topological polar surface area (TPSA) is 86.9 Å². The van der Waals surface area contributed by atoms with E-state index in [1.807, 2.05) is 0 Å². The molecule has 2 saturated heterocycles. The largest absolute Gasteiger partial charge is 0.465 e. The average molecular weight is 487 g/mol. The molecule has 0 amide bonds. The highest BCUT2D eigenvalue weighted by Crippen LogP contribution is 2.40. The second-order valence-corrected chi connectivity index (χ2v) is 7.05. The summed E-state index contributed by atoms with van der Waals surface area (Å²) in [6, 6.07) is 0. The zero-order chi connectivity index (χ0) is 19.1. The van der Waals surface area contributed by atoms with Crippen LogP contribution in [0.1, 0.15) is 28.9 Å². The fraction of sp³-hybridized carbons (Fsp3) is 0.600. The number of hydrogen-bond donors (Lipinski definition) is 1. The number of alkyl halides is 3. The maximum atomic E-state index is 13.3. The Balaban J connectivity index is 2.01. The van der Waals surface area contributed by atoms with Crippen LogP contribution in [0.15, 0.2) is 0 Å². The number of halogens is 4. The van der Waals surface area contributed by atoms with E-state index in [0.29, 0.717) is 39.1 Å². The van der Waals surface area contributed by atoms with Crippen molar-refractivity contribution in [3.63, 3.8) is 0 Å². The molecule has 0 bridgehead atoms. The Kier molecular flexibility index (Phi) is 5.23. The maximum Gasteiger partial charge on any atom is 0.435 e. The van der Waals surface area contributed by atoms with E-state index in [-0.39, 0.29) is 15.0 Å². The zero-order valence-electron chi connectivity index (χ0n) is 13.9. The minimum Gasteiger partial charge on any atom is -0.465 e. The monoisotopic (exact) mass is 487 g/mol. The first kappa shape index (κ1) is 19.4. The third-order valence-corrected chi connectivity index (χ3v) is 5.57. The number of methoxy groups -OCH3 is 1. The summed E-state index contributed by atoms with van der Waals surface area (Å²) in [4.78, 5) is 17.5. The van der Waals surface area contributed by atoms with Gasteiger partial charge in [-0.1, -0.05) is 0 Å². The van der Waals surface area contributed by atoms with Crippen LogP contribution >= 0.6 is 22.6 Å². The number of aromatic nitrogens is 1. The van der Waals surface area contributed by atoms with Crippen LogP contribution in [-0.2, 0) is 20.4 Å². The Morgan fingerprint density at radius 2 is 1.88 bits per heavy atom. The highest BCUT2D eigenvalue weighted by Gasteiger charge is 2.43. The molecule has 0 atom stereocenters. The third kappa shape index (κ3) is 3.43. The molecule has 7 nitrogen and oxygen atoms in total. The smallest absolute Gasteiger partial charge is 0.435 e. The number of nitrogens with zero attached hydrogens (tertiary/aromatic N) is 2. The molecular weight excluding hydrogens is 470 g/mol. The molecule has 0 radical (unpaired) electrons. The number of pyridine rings is 1. The molecule has 2 aliphatic heterocycles. The number of hydrogen-bond acceptors (Lipinski definition) is 7. The van der Waals surface area contributed by atoms with E-state index in [4.69, 9.17) is 19.9 Å². The van der Waals surface area contributed by atoms with Crippen molar-refractivity contribution >= 4 is 40.1 Å². The van der Waals surface area contributed by atoms with Gasteiger partial charge in [0, 0.05) is 25.9 Å². The van der Waals surface area contributed by atoms with E-state index < -0.39 is 29.3 Å². The van der Waals surface area contributed by atoms with Crippen LogP contribution in [0.2, 0.25) is 0 Å². The van der Waals surface area contributed by atoms with Gasteiger partial charge in [-0.15, -0.1) is 0 Å². The van der Waals surface area contributed by atoms with Crippen LogP contribution in [-0.4, -0.2) is 50.2 Å². The number of anilines is 2. The first-order valence-electron chi connectivity index (χ1n) is 7.86. The number of piperidine rings is 1. The van der Waals surface area contributed by atoms with Gasteiger partial charge in [0.1, 0.15) is 11.4 Å². The molecule has 1 aromatic rings.